The molecule has 3 atom stereocenters. The first-order valence-corrected chi connectivity index (χ1v) is 12.8. The standard InChI is InChI=1S/C27H50N6/c1-22(2,3)25(9,10)32-20-29-19(30-21(31-20)33-26(11,12)23(4,5)6)18-27(13)15-14-17(16-28-18)24(27,7)8/h17-18,28H,14-16H2,1-13H3,(H2,29,30,31,32,33). The van der Waals surface area contributed by atoms with Crippen LogP contribution < -0.4 is 16.0 Å². The molecule has 188 valence electrons. The van der Waals surface area contributed by atoms with E-state index in [1.807, 2.05) is 0 Å². The summed E-state index contributed by atoms with van der Waals surface area (Å²) in [5, 5.41) is 11.1. The fourth-order valence-electron chi connectivity index (χ4n) is 4.93. The third-order valence-electron chi connectivity index (χ3n) is 10.2. The second-order valence-electron chi connectivity index (χ2n) is 14.6. The normalized spacial score (nSPS) is 28.0. The Hall–Kier alpha value is -1.43. The number of nitrogens with zero attached hydrogens (tertiary/aromatic N) is 3. The summed E-state index contributed by atoms with van der Waals surface area (Å²) in [6.45, 7) is 30.6. The van der Waals surface area contributed by atoms with Crippen LogP contribution in [0.1, 0.15) is 115 Å². The number of aromatic nitrogens is 3. The van der Waals surface area contributed by atoms with Crippen molar-refractivity contribution in [3.05, 3.63) is 5.82 Å². The van der Waals surface area contributed by atoms with Crippen LogP contribution in [-0.2, 0) is 0 Å². The summed E-state index contributed by atoms with van der Waals surface area (Å²) in [6, 6.07) is 0.103. The minimum absolute atomic E-state index is 0.0355. The van der Waals surface area contributed by atoms with Gasteiger partial charge in [-0.2, -0.15) is 15.0 Å². The van der Waals surface area contributed by atoms with E-state index in [2.05, 4.69) is 106 Å². The SMILES string of the molecule is CC(C)(C)C(C)(C)Nc1nc(NC(C)(C)C(C)(C)C)nc(C2NCC3CCC2(C)C3(C)C)n1. The fraction of sp³-hybridized carbons (Fsp3) is 0.889. The fourth-order valence-corrected chi connectivity index (χ4v) is 4.93. The Labute approximate surface area is 202 Å². The quantitative estimate of drug-likeness (QED) is 0.472. The predicted molar refractivity (Wildman–Crippen MR) is 139 cm³/mol. The second-order valence-corrected chi connectivity index (χ2v) is 14.6. The van der Waals surface area contributed by atoms with E-state index >= 15 is 0 Å². The molecule has 1 aromatic rings. The Morgan fingerprint density at radius 2 is 1.21 bits per heavy atom. The smallest absolute Gasteiger partial charge is 0.228 e. The Morgan fingerprint density at radius 1 is 0.758 bits per heavy atom. The van der Waals surface area contributed by atoms with Gasteiger partial charge >= 0.3 is 0 Å². The number of hydrogen-bond donors (Lipinski definition) is 3. The van der Waals surface area contributed by atoms with Crippen LogP contribution >= 0.6 is 0 Å². The first-order chi connectivity index (χ1) is 14.7. The van der Waals surface area contributed by atoms with Crippen molar-refractivity contribution in [2.75, 3.05) is 17.2 Å². The minimum atomic E-state index is -0.190. The van der Waals surface area contributed by atoms with E-state index in [-0.39, 0.29) is 38.8 Å². The van der Waals surface area contributed by atoms with Crippen LogP contribution in [0.2, 0.25) is 0 Å². The van der Waals surface area contributed by atoms with Crippen LogP contribution in [-0.4, -0.2) is 32.6 Å². The van der Waals surface area contributed by atoms with Gasteiger partial charge in [-0.3, -0.25) is 0 Å². The molecule has 2 bridgehead atoms. The molecule has 1 saturated heterocycles. The van der Waals surface area contributed by atoms with Crippen LogP contribution in [0.5, 0.6) is 0 Å². The highest BCUT2D eigenvalue weighted by molar-refractivity contribution is 5.40. The maximum absolute atomic E-state index is 5.04. The zero-order valence-corrected chi connectivity index (χ0v) is 23.6. The maximum atomic E-state index is 5.04. The summed E-state index contributed by atoms with van der Waals surface area (Å²) in [5.41, 5.74) is 0.0344. The van der Waals surface area contributed by atoms with Crippen molar-refractivity contribution in [1.29, 1.82) is 0 Å². The number of nitrogens with one attached hydrogen (secondary N) is 3. The summed E-state index contributed by atoms with van der Waals surface area (Å²) in [7, 11) is 0. The molecule has 0 aromatic carbocycles. The predicted octanol–water partition coefficient (Wildman–Crippen LogP) is 6.43. The lowest BCUT2D eigenvalue weighted by Crippen LogP contribution is -2.53. The molecule has 0 spiro atoms. The zero-order valence-electron chi connectivity index (χ0n) is 23.6. The van der Waals surface area contributed by atoms with Gasteiger partial charge in [-0.05, 0) is 74.7 Å². The highest BCUT2D eigenvalue weighted by atomic mass is 15.3. The summed E-state index contributed by atoms with van der Waals surface area (Å²) in [4.78, 5) is 15.0. The highest BCUT2D eigenvalue weighted by Gasteiger charge is 2.59. The number of hydrogen-bond acceptors (Lipinski definition) is 6. The van der Waals surface area contributed by atoms with E-state index in [1.165, 1.54) is 12.8 Å². The van der Waals surface area contributed by atoms with Crippen LogP contribution in [0, 0.1) is 27.6 Å². The summed E-state index contributed by atoms with van der Waals surface area (Å²) < 4.78 is 0. The van der Waals surface area contributed by atoms with Gasteiger partial charge in [-0.15, -0.1) is 0 Å². The molecule has 3 N–H and O–H groups in total. The third kappa shape index (κ3) is 4.49. The molecule has 1 aliphatic carbocycles. The van der Waals surface area contributed by atoms with Gasteiger partial charge in [-0.1, -0.05) is 62.3 Å². The molecule has 6 heteroatoms. The summed E-state index contributed by atoms with van der Waals surface area (Å²) in [6.07, 6.45) is 2.46. The van der Waals surface area contributed by atoms with Crippen molar-refractivity contribution in [2.45, 2.75) is 120 Å². The molecule has 0 amide bonds. The molecule has 1 aliphatic heterocycles. The van der Waals surface area contributed by atoms with Crippen LogP contribution in [0.4, 0.5) is 11.9 Å². The summed E-state index contributed by atoms with van der Waals surface area (Å²) >= 11 is 0. The average Bonchev–Trinajstić information content (AvgIpc) is 2.74. The molecule has 0 radical (unpaired) electrons. The first kappa shape index (κ1) is 26.2. The van der Waals surface area contributed by atoms with E-state index in [0.717, 1.165) is 12.4 Å². The molecular formula is C27H50N6. The molecule has 2 fully saturated rings. The van der Waals surface area contributed by atoms with Crippen molar-refractivity contribution in [3.63, 3.8) is 0 Å². The molecule has 3 rings (SSSR count). The summed E-state index contributed by atoms with van der Waals surface area (Å²) in [5.74, 6) is 2.85. The number of piperidine rings is 1. The molecule has 33 heavy (non-hydrogen) atoms. The lowest BCUT2D eigenvalue weighted by atomic mass is 9.60. The van der Waals surface area contributed by atoms with Crippen molar-refractivity contribution in [3.8, 4) is 0 Å². The van der Waals surface area contributed by atoms with Gasteiger partial charge in [0.15, 0.2) is 5.82 Å². The van der Waals surface area contributed by atoms with E-state index < -0.39 is 0 Å². The van der Waals surface area contributed by atoms with E-state index in [4.69, 9.17) is 15.0 Å². The van der Waals surface area contributed by atoms with Gasteiger partial charge < -0.3 is 16.0 Å². The van der Waals surface area contributed by atoms with Crippen LogP contribution in [0.15, 0.2) is 0 Å². The van der Waals surface area contributed by atoms with Crippen molar-refractivity contribution >= 4 is 11.9 Å². The molecular weight excluding hydrogens is 408 g/mol. The van der Waals surface area contributed by atoms with Crippen molar-refractivity contribution in [1.82, 2.24) is 20.3 Å². The maximum Gasteiger partial charge on any atom is 0.228 e. The number of rotatable bonds is 5. The van der Waals surface area contributed by atoms with Crippen LogP contribution in [0.3, 0.4) is 0 Å². The van der Waals surface area contributed by atoms with Crippen LogP contribution in [0.25, 0.3) is 0 Å². The van der Waals surface area contributed by atoms with Gasteiger partial charge in [0.1, 0.15) is 0 Å². The van der Waals surface area contributed by atoms with E-state index in [0.29, 0.717) is 17.8 Å². The molecule has 2 aliphatic rings. The Bertz CT molecular complexity index is 827. The monoisotopic (exact) mass is 458 g/mol. The molecule has 1 saturated carbocycles. The number of fused-ring (bicyclic) bond motifs is 2. The minimum Gasteiger partial charge on any atom is -0.349 e. The lowest BCUT2D eigenvalue weighted by molar-refractivity contribution is 0.00611. The lowest BCUT2D eigenvalue weighted by Gasteiger charge is -2.51. The van der Waals surface area contributed by atoms with Crippen molar-refractivity contribution in [2.24, 2.45) is 27.6 Å². The third-order valence-corrected chi connectivity index (χ3v) is 10.2. The molecule has 3 unspecified atom stereocenters. The molecule has 2 heterocycles. The Kier molecular flexibility index (Phi) is 6.18. The van der Waals surface area contributed by atoms with Crippen molar-refractivity contribution < 1.29 is 0 Å². The Morgan fingerprint density at radius 3 is 1.64 bits per heavy atom. The van der Waals surface area contributed by atoms with Gasteiger partial charge in [0.05, 0.1) is 6.04 Å². The van der Waals surface area contributed by atoms with Gasteiger partial charge in [0.2, 0.25) is 11.9 Å². The molecule has 6 nitrogen and oxygen atoms in total. The van der Waals surface area contributed by atoms with Gasteiger partial charge in [0.25, 0.3) is 0 Å². The molecule has 1 aromatic heterocycles. The van der Waals surface area contributed by atoms with E-state index in [9.17, 15) is 0 Å². The number of anilines is 2. The van der Waals surface area contributed by atoms with E-state index in [1.54, 1.807) is 0 Å². The van der Waals surface area contributed by atoms with Gasteiger partial charge in [-0.25, -0.2) is 0 Å². The Balaban J connectivity index is 2.08. The second kappa shape index (κ2) is 7.79. The largest absolute Gasteiger partial charge is 0.349 e. The zero-order chi connectivity index (χ0) is 25.3. The van der Waals surface area contributed by atoms with Gasteiger partial charge in [0, 0.05) is 11.1 Å². The highest BCUT2D eigenvalue weighted by Crippen LogP contribution is 2.63. The topological polar surface area (TPSA) is 74.8 Å². The first-order valence-electron chi connectivity index (χ1n) is 12.8. The average molecular weight is 459 g/mol.